The van der Waals surface area contributed by atoms with Crippen molar-refractivity contribution in [2.24, 2.45) is 5.92 Å². The fraction of sp³-hybridized carbons (Fsp3) is 0.318. The molecule has 0 bridgehead atoms. The molecule has 9 nitrogen and oxygen atoms in total. The van der Waals surface area contributed by atoms with E-state index in [0.29, 0.717) is 36.9 Å². The molecular weight excluding hydrogens is 510 g/mol. The maximum atomic E-state index is 13.2. The van der Waals surface area contributed by atoms with E-state index in [9.17, 15) is 14.4 Å². The highest BCUT2D eigenvalue weighted by atomic mass is 79.9. The van der Waals surface area contributed by atoms with Crippen molar-refractivity contribution in [3.63, 3.8) is 0 Å². The summed E-state index contributed by atoms with van der Waals surface area (Å²) in [4.78, 5) is 47.0. The van der Waals surface area contributed by atoms with Gasteiger partial charge in [-0.15, -0.1) is 0 Å². The fourth-order valence-corrected chi connectivity index (χ4v) is 5.50. The normalized spacial score (nSPS) is 17.9. The molecule has 170 valence electrons. The number of fused-ring (bicyclic) bond motifs is 1. The van der Waals surface area contributed by atoms with Crippen LogP contribution in [0.1, 0.15) is 33.2 Å². The minimum absolute atomic E-state index is 0.0245. The third-order valence-corrected chi connectivity index (χ3v) is 7.21. The Morgan fingerprint density at radius 2 is 2.15 bits per heavy atom. The minimum atomic E-state index is -0.386. The summed E-state index contributed by atoms with van der Waals surface area (Å²) < 4.78 is 5.83. The standard InChI is InChI=1S/C22H20BrN5O4S/c1-12-7-17(26-32-12)20(30)25-22-24-16-5-6-27(11-18(16)33-22)21(31)13-8-19(29)28(10-13)15-4-2-3-14(23)9-15/h2-4,7,9,13H,5-6,8,10-11H2,1H3,(H,24,25,30). The number of benzene rings is 1. The number of hydrogen-bond acceptors (Lipinski definition) is 7. The summed E-state index contributed by atoms with van der Waals surface area (Å²) in [5.41, 5.74) is 1.86. The zero-order valence-electron chi connectivity index (χ0n) is 17.7. The Bertz CT molecular complexity index is 1260. The molecule has 1 fully saturated rings. The van der Waals surface area contributed by atoms with Crippen molar-refractivity contribution in [1.29, 1.82) is 0 Å². The summed E-state index contributed by atoms with van der Waals surface area (Å²) in [6.07, 6.45) is 0.808. The molecule has 3 amide bonds. The number of amides is 3. The van der Waals surface area contributed by atoms with E-state index < -0.39 is 0 Å². The number of rotatable bonds is 4. The highest BCUT2D eigenvalue weighted by Crippen LogP contribution is 2.32. The van der Waals surface area contributed by atoms with Crippen LogP contribution in [0, 0.1) is 12.8 Å². The van der Waals surface area contributed by atoms with E-state index in [2.05, 4.69) is 31.4 Å². The first-order valence-corrected chi connectivity index (χ1v) is 12.1. The van der Waals surface area contributed by atoms with Gasteiger partial charge in [0.15, 0.2) is 10.8 Å². The van der Waals surface area contributed by atoms with Crippen LogP contribution in [0.3, 0.4) is 0 Å². The Morgan fingerprint density at radius 3 is 2.91 bits per heavy atom. The van der Waals surface area contributed by atoms with Crippen LogP contribution in [-0.4, -0.2) is 45.9 Å². The molecule has 2 aliphatic heterocycles. The fourth-order valence-electron chi connectivity index (χ4n) is 4.10. The molecule has 0 spiro atoms. The highest BCUT2D eigenvalue weighted by molar-refractivity contribution is 9.10. The number of nitrogens with zero attached hydrogens (tertiary/aromatic N) is 4. The predicted molar refractivity (Wildman–Crippen MR) is 125 cm³/mol. The third kappa shape index (κ3) is 4.42. The Hall–Kier alpha value is -3.05. The largest absolute Gasteiger partial charge is 0.361 e. The molecule has 2 aromatic heterocycles. The van der Waals surface area contributed by atoms with E-state index in [0.717, 1.165) is 20.7 Å². The monoisotopic (exact) mass is 529 g/mol. The van der Waals surface area contributed by atoms with Gasteiger partial charge in [0.1, 0.15) is 5.76 Å². The molecule has 0 aliphatic carbocycles. The van der Waals surface area contributed by atoms with Crippen molar-refractivity contribution in [2.45, 2.75) is 26.3 Å². The predicted octanol–water partition coefficient (Wildman–Crippen LogP) is 3.39. The first-order chi connectivity index (χ1) is 15.9. The van der Waals surface area contributed by atoms with Crippen LogP contribution in [0.15, 0.2) is 39.3 Å². The number of anilines is 2. The van der Waals surface area contributed by atoms with Crippen molar-refractivity contribution in [3.05, 3.63) is 56.8 Å². The van der Waals surface area contributed by atoms with E-state index >= 15 is 0 Å². The summed E-state index contributed by atoms with van der Waals surface area (Å²) in [5, 5.41) is 6.93. The SMILES string of the molecule is Cc1cc(C(=O)Nc2nc3c(s2)CN(C(=O)C2CC(=O)N(c4cccc(Br)c4)C2)CC3)no1. The van der Waals surface area contributed by atoms with Gasteiger partial charge in [0, 0.05) is 47.0 Å². The summed E-state index contributed by atoms with van der Waals surface area (Å²) in [5.74, 6) is -0.279. The lowest BCUT2D eigenvalue weighted by Gasteiger charge is -2.28. The minimum Gasteiger partial charge on any atom is -0.361 e. The van der Waals surface area contributed by atoms with Crippen LogP contribution in [-0.2, 0) is 22.6 Å². The molecule has 1 atom stereocenters. The van der Waals surface area contributed by atoms with E-state index in [1.807, 2.05) is 24.3 Å². The summed E-state index contributed by atoms with van der Waals surface area (Å²) in [6, 6.07) is 9.08. The van der Waals surface area contributed by atoms with Gasteiger partial charge in [-0.25, -0.2) is 4.98 Å². The Balaban J connectivity index is 1.24. The number of aromatic nitrogens is 2. The third-order valence-electron chi connectivity index (χ3n) is 5.72. The molecule has 4 heterocycles. The zero-order chi connectivity index (χ0) is 23.1. The molecule has 1 aromatic carbocycles. The zero-order valence-corrected chi connectivity index (χ0v) is 20.1. The number of thiazole rings is 1. The smallest absolute Gasteiger partial charge is 0.279 e. The van der Waals surface area contributed by atoms with E-state index in [1.165, 1.54) is 11.3 Å². The van der Waals surface area contributed by atoms with Crippen LogP contribution in [0.2, 0.25) is 0 Å². The lowest BCUT2D eigenvalue weighted by atomic mass is 10.1. The van der Waals surface area contributed by atoms with Crippen LogP contribution in [0.4, 0.5) is 10.8 Å². The number of nitrogens with one attached hydrogen (secondary N) is 1. The maximum absolute atomic E-state index is 13.2. The number of carbonyl (C=O) groups is 3. The van der Waals surface area contributed by atoms with Gasteiger partial charge in [-0.2, -0.15) is 0 Å². The summed E-state index contributed by atoms with van der Waals surface area (Å²) in [7, 11) is 0. The van der Waals surface area contributed by atoms with Gasteiger partial charge in [0.05, 0.1) is 18.2 Å². The summed E-state index contributed by atoms with van der Waals surface area (Å²) >= 11 is 4.78. The number of aryl methyl sites for hydroxylation is 1. The van der Waals surface area contributed by atoms with Crippen LogP contribution in [0.5, 0.6) is 0 Å². The van der Waals surface area contributed by atoms with Gasteiger partial charge >= 0.3 is 0 Å². The molecule has 2 aliphatic rings. The average Bonchev–Trinajstić information content (AvgIpc) is 3.50. The first-order valence-electron chi connectivity index (χ1n) is 10.5. The number of halogens is 1. The van der Waals surface area contributed by atoms with Crippen LogP contribution in [0.25, 0.3) is 0 Å². The van der Waals surface area contributed by atoms with Gasteiger partial charge in [-0.05, 0) is 25.1 Å². The molecule has 11 heteroatoms. The van der Waals surface area contributed by atoms with Crippen molar-refractivity contribution in [3.8, 4) is 0 Å². The molecule has 33 heavy (non-hydrogen) atoms. The lowest BCUT2D eigenvalue weighted by Crippen LogP contribution is -2.40. The number of carbonyl (C=O) groups excluding carboxylic acids is 3. The number of hydrogen-bond donors (Lipinski definition) is 1. The molecule has 1 saturated heterocycles. The van der Waals surface area contributed by atoms with Crippen molar-refractivity contribution >= 4 is 55.8 Å². The molecule has 5 rings (SSSR count). The molecule has 1 unspecified atom stereocenters. The van der Waals surface area contributed by atoms with E-state index in [4.69, 9.17) is 4.52 Å². The quantitative estimate of drug-likeness (QED) is 0.554. The molecular formula is C22H20BrN5O4S. The van der Waals surface area contributed by atoms with E-state index in [-0.39, 0.29) is 35.8 Å². The molecule has 0 radical (unpaired) electrons. The first kappa shape index (κ1) is 21.8. The highest BCUT2D eigenvalue weighted by Gasteiger charge is 2.38. The average molecular weight is 530 g/mol. The second-order valence-electron chi connectivity index (χ2n) is 8.06. The Labute approximate surface area is 201 Å². The molecule has 3 aromatic rings. The van der Waals surface area contributed by atoms with Crippen LogP contribution >= 0.6 is 27.3 Å². The van der Waals surface area contributed by atoms with Crippen molar-refractivity contribution in [2.75, 3.05) is 23.3 Å². The Kier molecular flexibility index (Phi) is 5.75. The van der Waals surface area contributed by atoms with Gasteiger partial charge in [-0.3, -0.25) is 19.7 Å². The molecule has 1 N–H and O–H groups in total. The van der Waals surface area contributed by atoms with E-state index in [1.54, 1.807) is 22.8 Å². The molecule has 0 saturated carbocycles. The second kappa shape index (κ2) is 8.71. The maximum Gasteiger partial charge on any atom is 0.279 e. The second-order valence-corrected chi connectivity index (χ2v) is 10.1. The summed E-state index contributed by atoms with van der Waals surface area (Å²) in [6.45, 7) is 3.05. The Morgan fingerprint density at radius 1 is 1.30 bits per heavy atom. The van der Waals surface area contributed by atoms with Gasteiger partial charge < -0.3 is 14.3 Å². The van der Waals surface area contributed by atoms with Crippen molar-refractivity contribution < 1.29 is 18.9 Å². The van der Waals surface area contributed by atoms with Crippen LogP contribution < -0.4 is 10.2 Å². The van der Waals surface area contributed by atoms with Gasteiger partial charge in [-0.1, -0.05) is 38.5 Å². The van der Waals surface area contributed by atoms with Gasteiger partial charge in [0.25, 0.3) is 5.91 Å². The van der Waals surface area contributed by atoms with Crippen molar-refractivity contribution in [1.82, 2.24) is 15.0 Å². The van der Waals surface area contributed by atoms with Gasteiger partial charge in [0.2, 0.25) is 11.8 Å². The topological polar surface area (TPSA) is 109 Å². The lowest BCUT2D eigenvalue weighted by molar-refractivity contribution is -0.136.